The molecule has 2 heterocycles. The molecule has 0 aromatic rings. The van der Waals surface area contributed by atoms with Gasteiger partial charge in [0.15, 0.2) is 0 Å². The highest BCUT2D eigenvalue weighted by Crippen LogP contribution is 2.25. The van der Waals surface area contributed by atoms with Gasteiger partial charge in [-0.15, -0.1) is 11.8 Å². The van der Waals surface area contributed by atoms with Crippen molar-refractivity contribution in [3.8, 4) is 0 Å². The molecule has 0 bridgehead atoms. The van der Waals surface area contributed by atoms with Gasteiger partial charge in [0.05, 0.1) is 5.25 Å². The minimum Gasteiger partial charge on any atom is -0.345 e. The van der Waals surface area contributed by atoms with Crippen molar-refractivity contribution in [1.82, 2.24) is 10.2 Å². The molecule has 1 unspecified atom stereocenters. The molecule has 74 valence electrons. The first-order valence-corrected chi connectivity index (χ1v) is 5.89. The summed E-state index contributed by atoms with van der Waals surface area (Å²) in [6.45, 7) is 3.23. The van der Waals surface area contributed by atoms with Crippen molar-refractivity contribution in [2.75, 3.05) is 32.4 Å². The molecule has 4 heteroatoms. The summed E-state index contributed by atoms with van der Waals surface area (Å²) < 4.78 is 0. The van der Waals surface area contributed by atoms with Crippen LogP contribution >= 0.6 is 11.8 Å². The summed E-state index contributed by atoms with van der Waals surface area (Å²) >= 11 is 1.85. The lowest BCUT2D eigenvalue weighted by Gasteiger charge is -2.27. The number of carbonyl (C=O) groups excluding carboxylic acids is 1. The van der Waals surface area contributed by atoms with Crippen LogP contribution < -0.4 is 5.32 Å². The standard InChI is InChI=1S/C9H16N2OS/c1-11-3-2-8(9(11)12)13-6-7-4-10-5-7/h7-8,10H,2-6H2,1H3. The van der Waals surface area contributed by atoms with Crippen LogP contribution in [0.1, 0.15) is 6.42 Å². The maximum atomic E-state index is 11.5. The smallest absolute Gasteiger partial charge is 0.235 e. The maximum absolute atomic E-state index is 11.5. The molecule has 2 fully saturated rings. The number of rotatable bonds is 3. The van der Waals surface area contributed by atoms with Crippen molar-refractivity contribution in [1.29, 1.82) is 0 Å². The second-order valence-electron chi connectivity index (χ2n) is 3.89. The van der Waals surface area contributed by atoms with Crippen molar-refractivity contribution in [2.24, 2.45) is 5.92 Å². The third-order valence-electron chi connectivity index (χ3n) is 2.78. The van der Waals surface area contributed by atoms with Crippen molar-refractivity contribution < 1.29 is 4.79 Å². The van der Waals surface area contributed by atoms with Gasteiger partial charge in [0.2, 0.25) is 5.91 Å². The normalized spacial score (nSPS) is 29.5. The Balaban J connectivity index is 1.72. The number of likely N-dealkylation sites (tertiary alicyclic amines) is 1. The first-order valence-electron chi connectivity index (χ1n) is 4.84. The quantitative estimate of drug-likeness (QED) is 0.705. The van der Waals surface area contributed by atoms with Gasteiger partial charge < -0.3 is 10.2 Å². The molecule has 0 aromatic carbocycles. The van der Waals surface area contributed by atoms with Gasteiger partial charge in [-0.2, -0.15) is 0 Å². The first-order chi connectivity index (χ1) is 6.27. The summed E-state index contributed by atoms with van der Waals surface area (Å²) in [4.78, 5) is 13.4. The van der Waals surface area contributed by atoms with E-state index in [1.54, 1.807) is 0 Å². The maximum Gasteiger partial charge on any atom is 0.235 e. The van der Waals surface area contributed by atoms with E-state index in [1.807, 2.05) is 23.7 Å². The fourth-order valence-electron chi connectivity index (χ4n) is 1.66. The van der Waals surface area contributed by atoms with Crippen molar-refractivity contribution >= 4 is 17.7 Å². The molecule has 0 radical (unpaired) electrons. The van der Waals surface area contributed by atoms with Crippen LogP contribution in [0.4, 0.5) is 0 Å². The number of nitrogens with one attached hydrogen (secondary N) is 1. The Bertz CT molecular complexity index is 206. The molecule has 0 aromatic heterocycles. The van der Waals surface area contributed by atoms with Crippen LogP contribution in [0.15, 0.2) is 0 Å². The third-order valence-corrected chi connectivity index (χ3v) is 4.28. The Morgan fingerprint density at radius 3 is 2.85 bits per heavy atom. The summed E-state index contributed by atoms with van der Waals surface area (Å²) in [6, 6.07) is 0. The molecule has 0 saturated carbocycles. The average molecular weight is 200 g/mol. The Kier molecular flexibility index (Phi) is 2.79. The molecule has 2 rings (SSSR count). The Labute approximate surface area is 83.2 Å². The van der Waals surface area contributed by atoms with E-state index in [2.05, 4.69) is 5.32 Å². The summed E-state index contributed by atoms with van der Waals surface area (Å²) in [7, 11) is 1.90. The van der Waals surface area contributed by atoms with Gasteiger partial charge >= 0.3 is 0 Å². The molecule has 0 aliphatic carbocycles. The zero-order valence-corrected chi connectivity index (χ0v) is 8.77. The van der Waals surface area contributed by atoms with Crippen LogP contribution in [-0.2, 0) is 4.79 Å². The van der Waals surface area contributed by atoms with E-state index in [4.69, 9.17) is 0 Å². The molecule has 1 N–H and O–H groups in total. The van der Waals surface area contributed by atoms with Gasteiger partial charge in [-0.25, -0.2) is 0 Å². The number of hydrogen-bond acceptors (Lipinski definition) is 3. The van der Waals surface area contributed by atoms with Gasteiger partial charge in [-0.1, -0.05) is 0 Å². The lowest BCUT2D eigenvalue weighted by atomic mass is 10.1. The third kappa shape index (κ3) is 1.99. The van der Waals surface area contributed by atoms with Crippen LogP contribution in [0.3, 0.4) is 0 Å². The van der Waals surface area contributed by atoms with Crippen LogP contribution in [0.5, 0.6) is 0 Å². The largest absolute Gasteiger partial charge is 0.345 e. The number of thioether (sulfide) groups is 1. The summed E-state index contributed by atoms with van der Waals surface area (Å²) in [5.41, 5.74) is 0. The lowest BCUT2D eigenvalue weighted by molar-refractivity contribution is -0.126. The van der Waals surface area contributed by atoms with Crippen LogP contribution in [0, 0.1) is 5.92 Å². The number of hydrogen-bond donors (Lipinski definition) is 1. The molecule has 2 saturated heterocycles. The van der Waals surface area contributed by atoms with Gasteiger partial charge in [-0.05, 0) is 31.2 Å². The highest BCUT2D eigenvalue weighted by molar-refractivity contribution is 8.00. The molecule has 13 heavy (non-hydrogen) atoms. The second kappa shape index (κ2) is 3.88. The van der Waals surface area contributed by atoms with E-state index >= 15 is 0 Å². The Hall–Kier alpha value is -0.220. The van der Waals surface area contributed by atoms with E-state index in [-0.39, 0.29) is 5.25 Å². The summed E-state index contributed by atoms with van der Waals surface area (Å²) in [5.74, 6) is 2.29. The van der Waals surface area contributed by atoms with Gasteiger partial charge in [0, 0.05) is 13.6 Å². The molecule has 2 aliphatic rings. The minimum absolute atomic E-state index is 0.255. The highest BCUT2D eigenvalue weighted by Gasteiger charge is 2.30. The number of amides is 1. The highest BCUT2D eigenvalue weighted by atomic mass is 32.2. The average Bonchev–Trinajstić information content (AvgIpc) is 2.33. The molecule has 1 atom stereocenters. The van der Waals surface area contributed by atoms with E-state index in [0.29, 0.717) is 5.91 Å². The number of nitrogens with zero attached hydrogens (tertiary/aromatic N) is 1. The summed E-state index contributed by atoms with van der Waals surface area (Å²) in [5, 5.41) is 3.50. The number of carbonyl (C=O) groups is 1. The van der Waals surface area contributed by atoms with E-state index in [1.165, 1.54) is 0 Å². The van der Waals surface area contributed by atoms with Gasteiger partial charge in [0.25, 0.3) is 0 Å². The minimum atomic E-state index is 0.255. The topological polar surface area (TPSA) is 32.3 Å². The molecule has 1 amide bonds. The van der Waals surface area contributed by atoms with Crippen LogP contribution in [0.2, 0.25) is 0 Å². The molecular weight excluding hydrogens is 184 g/mol. The van der Waals surface area contributed by atoms with Crippen LogP contribution in [-0.4, -0.2) is 48.5 Å². The molecule has 2 aliphatic heterocycles. The zero-order chi connectivity index (χ0) is 9.26. The molecular formula is C9H16N2OS. The predicted octanol–water partition coefficient (Wildman–Crippen LogP) is 0.170. The zero-order valence-electron chi connectivity index (χ0n) is 7.95. The second-order valence-corrected chi connectivity index (χ2v) is 5.13. The SMILES string of the molecule is CN1CCC(SCC2CNC2)C1=O. The predicted molar refractivity (Wildman–Crippen MR) is 54.9 cm³/mol. The fraction of sp³-hybridized carbons (Fsp3) is 0.889. The fourth-order valence-corrected chi connectivity index (χ4v) is 3.00. The van der Waals surface area contributed by atoms with Crippen molar-refractivity contribution in [2.45, 2.75) is 11.7 Å². The van der Waals surface area contributed by atoms with Gasteiger partial charge in [0.1, 0.15) is 0 Å². The van der Waals surface area contributed by atoms with Crippen molar-refractivity contribution in [3.63, 3.8) is 0 Å². The van der Waals surface area contributed by atoms with Gasteiger partial charge in [-0.3, -0.25) is 4.79 Å². The lowest BCUT2D eigenvalue weighted by Crippen LogP contribution is -2.43. The van der Waals surface area contributed by atoms with Crippen LogP contribution in [0.25, 0.3) is 0 Å². The van der Waals surface area contributed by atoms with Crippen molar-refractivity contribution in [3.05, 3.63) is 0 Å². The molecule has 0 spiro atoms. The van der Waals surface area contributed by atoms with E-state index < -0.39 is 0 Å². The Morgan fingerprint density at radius 1 is 1.62 bits per heavy atom. The summed E-state index contributed by atoms with van der Waals surface area (Å²) in [6.07, 6.45) is 1.04. The van der Waals surface area contributed by atoms with E-state index in [9.17, 15) is 4.79 Å². The monoisotopic (exact) mass is 200 g/mol. The first kappa shape index (κ1) is 9.34. The Morgan fingerprint density at radius 2 is 2.38 bits per heavy atom. The van der Waals surface area contributed by atoms with E-state index in [0.717, 1.165) is 37.7 Å². The molecule has 3 nitrogen and oxygen atoms in total.